The summed E-state index contributed by atoms with van der Waals surface area (Å²) in [6.07, 6.45) is 7.54. The lowest BCUT2D eigenvalue weighted by Crippen LogP contribution is -2.28. The van der Waals surface area contributed by atoms with E-state index in [1.807, 2.05) is 13.8 Å². The summed E-state index contributed by atoms with van der Waals surface area (Å²) in [6, 6.07) is 3.08. The Morgan fingerprint density at radius 1 is 1.11 bits per heavy atom. The highest BCUT2D eigenvalue weighted by atomic mass is 32.2. The molecule has 38 heavy (non-hydrogen) atoms. The van der Waals surface area contributed by atoms with E-state index in [0.29, 0.717) is 46.6 Å². The molecular formula is C25H28N8O4S. The molecule has 0 spiro atoms. The fourth-order valence-corrected chi connectivity index (χ4v) is 4.69. The number of hydrogen-bond donors (Lipinski definition) is 1. The molecule has 0 radical (unpaired) electrons. The third-order valence-electron chi connectivity index (χ3n) is 6.12. The summed E-state index contributed by atoms with van der Waals surface area (Å²) in [5.74, 6) is 1.36. The molecule has 0 bridgehead atoms. The van der Waals surface area contributed by atoms with Crippen LogP contribution in [-0.2, 0) is 22.9 Å². The SMILES string of the molecule is COc1ncnc(C2CC2)c1-c1ncc2nc(NCc3ccc(S(C)(=O)=O)cn3)c(=O)n(CC(C)C)c2n1. The van der Waals surface area contributed by atoms with Crippen LogP contribution < -0.4 is 15.6 Å². The number of fused-ring (bicyclic) bond motifs is 1. The van der Waals surface area contributed by atoms with Gasteiger partial charge in [0.2, 0.25) is 5.88 Å². The van der Waals surface area contributed by atoms with Crippen LogP contribution in [0, 0.1) is 5.92 Å². The number of sulfone groups is 1. The van der Waals surface area contributed by atoms with Crippen molar-refractivity contribution in [3.63, 3.8) is 0 Å². The molecular weight excluding hydrogens is 508 g/mol. The van der Waals surface area contributed by atoms with Crippen LogP contribution in [0.5, 0.6) is 5.88 Å². The topological polar surface area (TPSA) is 155 Å². The lowest BCUT2D eigenvalue weighted by Gasteiger charge is -2.15. The molecule has 198 valence electrons. The number of anilines is 1. The number of ether oxygens (including phenoxy) is 1. The predicted octanol–water partition coefficient (Wildman–Crippen LogP) is 2.60. The molecule has 4 heterocycles. The molecule has 0 unspecified atom stereocenters. The third kappa shape index (κ3) is 5.19. The van der Waals surface area contributed by atoms with Crippen molar-refractivity contribution >= 4 is 26.8 Å². The van der Waals surface area contributed by atoms with Crippen molar-refractivity contribution in [2.75, 3.05) is 18.7 Å². The van der Waals surface area contributed by atoms with Crippen molar-refractivity contribution in [1.82, 2.24) is 34.5 Å². The minimum absolute atomic E-state index is 0.127. The first kappa shape index (κ1) is 25.6. The van der Waals surface area contributed by atoms with Gasteiger partial charge in [0.1, 0.15) is 17.4 Å². The molecule has 0 aromatic carbocycles. The molecule has 1 saturated carbocycles. The Hall–Kier alpha value is -4.00. The van der Waals surface area contributed by atoms with E-state index in [9.17, 15) is 13.2 Å². The van der Waals surface area contributed by atoms with Crippen molar-refractivity contribution in [3.05, 3.63) is 52.6 Å². The second-order valence-corrected chi connectivity index (χ2v) is 11.7. The monoisotopic (exact) mass is 536 g/mol. The molecule has 4 aromatic heterocycles. The number of hydrogen-bond acceptors (Lipinski definition) is 11. The van der Waals surface area contributed by atoms with E-state index < -0.39 is 9.84 Å². The van der Waals surface area contributed by atoms with Crippen LogP contribution in [0.15, 0.2) is 40.5 Å². The number of nitrogens with one attached hydrogen (secondary N) is 1. The Bertz CT molecular complexity index is 1670. The first-order valence-corrected chi connectivity index (χ1v) is 14.1. The number of nitrogens with zero attached hydrogens (tertiary/aromatic N) is 7. The number of aromatic nitrogens is 7. The van der Waals surface area contributed by atoms with E-state index in [-0.39, 0.29) is 28.7 Å². The van der Waals surface area contributed by atoms with Gasteiger partial charge in [0.15, 0.2) is 27.1 Å². The zero-order valence-electron chi connectivity index (χ0n) is 21.5. The number of pyridine rings is 1. The maximum atomic E-state index is 13.5. The molecule has 0 atom stereocenters. The Balaban J connectivity index is 1.55. The summed E-state index contributed by atoms with van der Waals surface area (Å²) >= 11 is 0. The lowest BCUT2D eigenvalue weighted by atomic mass is 10.1. The summed E-state index contributed by atoms with van der Waals surface area (Å²) in [5.41, 5.74) is 2.55. The van der Waals surface area contributed by atoms with Crippen LogP contribution >= 0.6 is 0 Å². The first-order valence-electron chi connectivity index (χ1n) is 12.2. The van der Waals surface area contributed by atoms with Gasteiger partial charge in [0.05, 0.1) is 36.1 Å². The van der Waals surface area contributed by atoms with E-state index in [2.05, 4.69) is 30.2 Å². The standard InChI is InChI=1S/C25H28N8O4S/c1-14(2)12-33-23-18(11-28-21(32-23)19-20(15-5-6-15)29-13-30-24(19)37-3)31-22(25(33)34)27-9-16-7-8-17(10-26-16)38(4,35)36/h7-8,10-11,13-15H,5-6,9,12H2,1-4H3,(H,27,31). The van der Waals surface area contributed by atoms with Gasteiger partial charge in [-0.25, -0.2) is 33.3 Å². The maximum absolute atomic E-state index is 13.5. The zero-order valence-corrected chi connectivity index (χ0v) is 22.4. The largest absolute Gasteiger partial charge is 0.480 e. The van der Waals surface area contributed by atoms with Gasteiger partial charge in [-0.2, -0.15) is 0 Å². The van der Waals surface area contributed by atoms with Crippen LogP contribution in [0.25, 0.3) is 22.6 Å². The molecule has 0 saturated heterocycles. The van der Waals surface area contributed by atoms with Gasteiger partial charge >= 0.3 is 0 Å². The van der Waals surface area contributed by atoms with Gasteiger partial charge in [-0.1, -0.05) is 13.8 Å². The van der Waals surface area contributed by atoms with Crippen LogP contribution in [0.1, 0.15) is 44.0 Å². The van der Waals surface area contributed by atoms with Crippen LogP contribution in [-0.4, -0.2) is 56.3 Å². The quantitative estimate of drug-likeness (QED) is 0.335. The van der Waals surface area contributed by atoms with Crippen molar-refractivity contribution < 1.29 is 13.2 Å². The maximum Gasteiger partial charge on any atom is 0.294 e. The van der Waals surface area contributed by atoms with Gasteiger partial charge in [0, 0.05) is 24.9 Å². The summed E-state index contributed by atoms with van der Waals surface area (Å²) < 4.78 is 30.5. The number of rotatable bonds is 9. The summed E-state index contributed by atoms with van der Waals surface area (Å²) in [4.78, 5) is 40.4. The predicted molar refractivity (Wildman–Crippen MR) is 141 cm³/mol. The first-order chi connectivity index (χ1) is 18.2. The highest BCUT2D eigenvalue weighted by Crippen LogP contribution is 2.44. The summed E-state index contributed by atoms with van der Waals surface area (Å²) in [7, 11) is -1.80. The Labute approximate surface area is 219 Å². The van der Waals surface area contributed by atoms with Crippen molar-refractivity contribution in [3.8, 4) is 17.3 Å². The van der Waals surface area contributed by atoms with E-state index in [4.69, 9.17) is 9.72 Å². The van der Waals surface area contributed by atoms with Crippen molar-refractivity contribution in [2.45, 2.75) is 50.6 Å². The molecule has 12 nitrogen and oxygen atoms in total. The molecule has 1 aliphatic rings. The Morgan fingerprint density at radius 3 is 2.53 bits per heavy atom. The van der Waals surface area contributed by atoms with Gasteiger partial charge < -0.3 is 10.1 Å². The fourth-order valence-electron chi connectivity index (χ4n) is 4.13. The smallest absolute Gasteiger partial charge is 0.294 e. The van der Waals surface area contributed by atoms with E-state index in [1.165, 1.54) is 18.6 Å². The summed E-state index contributed by atoms with van der Waals surface area (Å²) in [6.45, 7) is 4.63. The van der Waals surface area contributed by atoms with Gasteiger partial charge in [-0.05, 0) is 30.9 Å². The van der Waals surface area contributed by atoms with Crippen LogP contribution in [0.4, 0.5) is 5.82 Å². The minimum atomic E-state index is -3.35. The highest BCUT2D eigenvalue weighted by molar-refractivity contribution is 7.90. The molecule has 0 amide bonds. The second-order valence-electron chi connectivity index (χ2n) is 9.70. The molecule has 5 rings (SSSR count). The Kier molecular flexibility index (Phi) is 6.78. The Morgan fingerprint density at radius 2 is 1.89 bits per heavy atom. The average molecular weight is 537 g/mol. The molecule has 13 heteroatoms. The molecule has 1 fully saturated rings. The van der Waals surface area contributed by atoms with Crippen LogP contribution in [0.3, 0.4) is 0 Å². The highest BCUT2D eigenvalue weighted by Gasteiger charge is 2.31. The van der Waals surface area contributed by atoms with Crippen LogP contribution in [0.2, 0.25) is 0 Å². The van der Waals surface area contributed by atoms with E-state index in [1.54, 1.807) is 23.9 Å². The zero-order chi connectivity index (χ0) is 27.0. The van der Waals surface area contributed by atoms with Crippen molar-refractivity contribution in [2.24, 2.45) is 5.92 Å². The lowest BCUT2D eigenvalue weighted by molar-refractivity contribution is 0.397. The normalized spacial score (nSPS) is 13.7. The minimum Gasteiger partial charge on any atom is -0.480 e. The van der Waals surface area contributed by atoms with Gasteiger partial charge in [-0.3, -0.25) is 14.3 Å². The second kappa shape index (κ2) is 10.0. The molecule has 1 N–H and O–H groups in total. The van der Waals surface area contributed by atoms with E-state index in [0.717, 1.165) is 24.8 Å². The van der Waals surface area contributed by atoms with Crippen molar-refractivity contribution in [1.29, 1.82) is 0 Å². The number of methoxy groups -OCH3 is 1. The average Bonchev–Trinajstić information content (AvgIpc) is 3.74. The summed E-state index contributed by atoms with van der Waals surface area (Å²) in [5, 5.41) is 3.04. The molecule has 0 aliphatic heterocycles. The van der Waals surface area contributed by atoms with E-state index >= 15 is 0 Å². The van der Waals surface area contributed by atoms with Gasteiger partial charge in [-0.15, -0.1) is 0 Å². The molecule has 4 aromatic rings. The molecule has 1 aliphatic carbocycles. The fraction of sp³-hybridized carbons (Fsp3) is 0.400. The third-order valence-corrected chi connectivity index (χ3v) is 7.22. The van der Waals surface area contributed by atoms with Gasteiger partial charge in [0.25, 0.3) is 5.56 Å².